The van der Waals surface area contributed by atoms with Crippen molar-refractivity contribution in [1.29, 1.82) is 0 Å². The molecule has 3 amide bonds. The van der Waals surface area contributed by atoms with Crippen molar-refractivity contribution in [2.24, 2.45) is 0 Å². The molecular weight excluding hydrogens is 414 g/mol. The molecule has 10 heteroatoms. The summed E-state index contributed by atoms with van der Waals surface area (Å²) in [6.45, 7) is 3.71. The molecule has 10 nitrogen and oxygen atoms in total. The fourth-order valence-electron chi connectivity index (χ4n) is 3.73. The van der Waals surface area contributed by atoms with Crippen LogP contribution in [0.15, 0.2) is 52.9 Å². The molecule has 1 N–H and O–H groups in total. The van der Waals surface area contributed by atoms with E-state index in [1.54, 1.807) is 0 Å². The van der Waals surface area contributed by atoms with Gasteiger partial charge in [0, 0.05) is 17.7 Å². The number of aryl methyl sites for hydroxylation is 1. The van der Waals surface area contributed by atoms with Crippen molar-refractivity contribution < 1.29 is 18.9 Å². The molecule has 1 aliphatic rings. The van der Waals surface area contributed by atoms with E-state index < -0.39 is 16.5 Å². The number of carbonyl (C=O) groups is 2. The van der Waals surface area contributed by atoms with E-state index in [2.05, 4.69) is 15.5 Å². The van der Waals surface area contributed by atoms with Gasteiger partial charge in [-0.25, -0.2) is 4.79 Å². The van der Waals surface area contributed by atoms with Crippen LogP contribution in [0.25, 0.3) is 11.5 Å². The summed E-state index contributed by atoms with van der Waals surface area (Å²) < 4.78 is 5.60. The molecule has 164 valence electrons. The molecule has 1 atom stereocenters. The van der Waals surface area contributed by atoms with Gasteiger partial charge in [0.25, 0.3) is 11.6 Å². The number of urea groups is 1. The number of nitro benzene ring substituents is 1. The number of nitrogens with one attached hydrogen (secondary N) is 1. The van der Waals surface area contributed by atoms with E-state index in [9.17, 15) is 19.7 Å². The quantitative estimate of drug-likeness (QED) is 0.341. The minimum atomic E-state index is -1.15. The van der Waals surface area contributed by atoms with Gasteiger partial charge >= 0.3 is 6.03 Å². The summed E-state index contributed by atoms with van der Waals surface area (Å²) in [6.07, 6.45) is 1.26. The first-order valence-electron chi connectivity index (χ1n) is 10.2. The van der Waals surface area contributed by atoms with Crippen LogP contribution in [0.4, 0.5) is 10.5 Å². The summed E-state index contributed by atoms with van der Waals surface area (Å²) in [5, 5.41) is 21.5. The smallest absolute Gasteiger partial charge is 0.325 e. The Labute approximate surface area is 183 Å². The Hall–Kier alpha value is -4.08. The summed E-state index contributed by atoms with van der Waals surface area (Å²) in [7, 11) is 0. The molecule has 1 aromatic heterocycles. The fourth-order valence-corrected chi connectivity index (χ4v) is 3.73. The lowest BCUT2D eigenvalue weighted by molar-refractivity contribution is -0.384. The molecule has 3 aromatic rings. The molecule has 0 radical (unpaired) electrons. The summed E-state index contributed by atoms with van der Waals surface area (Å²) in [5.41, 5.74) is 1.14. The van der Waals surface area contributed by atoms with Gasteiger partial charge in [-0.2, -0.15) is 0 Å². The van der Waals surface area contributed by atoms with Gasteiger partial charge in [-0.1, -0.05) is 38.1 Å². The van der Waals surface area contributed by atoms with Gasteiger partial charge in [-0.3, -0.25) is 19.8 Å². The highest BCUT2D eigenvalue weighted by molar-refractivity contribution is 6.07. The maximum Gasteiger partial charge on any atom is 0.325 e. The summed E-state index contributed by atoms with van der Waals surface area (Å²) >= 11 is 0. The molecule has 1 unspecified atom stereocenters. The first-order chi connectivity index (χ1) is 15.4. The minimum Gasteiger partial charge on any atom is -0.419 e. The molecule has 2 heterocycles. The Balaban J connectivity index is 1.55. The van der Waals surface area contributed by atoms with Crippen LogP contribution in [0.1, 0.15) is 37.3 Å². The number of amides is 3. The lowest BCUT2D eigenvalue weighted by atomic mass is 9.86. The molecule has 32 heavy (non-hydrogen) atoms. The van der Waals surface area contributed by atoms with Crippen molar-refractivity contribution in [3.63, 3.8) is 0 Å². The Morgan fingerprint density at radius 1 is 1.06 bits per heavy atom. The third-order valence-electron chi connectivity index (χ3n) is 5.65. The maximum atomic E-state index is 13.3. The molecule has 0 bridgehead atoms. The van der Waals surface area contributed by atoms with Gasteiger partial charge in [0.1, 0.15) is 12.1 Å². The van der Waals surface area contributed by atoms with E-state index in [4.69, 9.17) is 4.42 Å². The second-order valence-electron chi connectivity index (χ2n) is 7.44. The summed E-state index contributed by atoms with van der Waals surface area (Å²) in [4.78, 5) is 37.3. The maximum absolute atomic E-state index is 13.3. The van der Waals surface area contributed by atoms with Crippen molar-refractivity contribution in [2.45, 2.75) is 38.8 Å². The second-order valence-corrected chi connectivity index (χ2v) is 7.44. The van der Waals surface area contributed by atoms with Crippen molar-refractivity contribution in [2.75, 3.05) is 0 Å². The number of hydrogen-bond donors (Lipinski definition) is 1. The van der Waals surface area contributed by atoms with Crippen LogP contribution in [0, 0.1) is 10.1 Å². The lowest BCUT2D eigenvalue weighted by Crippen LogP contribution is -2.43. The zero-order valence-corrected chi connectivity index (χ0v) is 17.6. The van der Waals surface area contributed by atoms with Crippen LogP contribution >= 0.6 is 0 Å². The normalized spacial score (nSPS) is 18.1. The SMILES string of the molecule is CCc1ccc(C2(CC)NC(=O)N(Cc3nnc(-c4ccc([N+](=O)[O-])cc4)o3)C2=O)cc1. The van der Waals surface area contributed by atoms with Gasteiger partial charge in [-0.15, -0.1) is 10.2 Å². The highest BCUT2D eigenvalue weighted by Gasteiger charge is 2.51. The molecule has 2 aromatic carbocycles. The first kappa shape index (κ1) is 21.2. The Kier molecular flexibility index (Phi) is 5.43. The number of hydrogen-bond acceptors (Lipinski definition) is 7. The highest BCUT2D eigenvalue weighted by atomic mass is 16.6. The third kappa shape index (κ3) is 3.59. The molecule has 1 fully saturated rings. The van der Waals surface area contributed by atoms with Crippen LogP contribution in [-0.2, 0) is 23.3 Å². The van der Waals surface area contributed by atoms with E-state index in [1.807, 2.05) is 38.1 Å². The highest BCUT2D eigenvalue weighted by Crippen LogP contribution is 2.33. The molecule has 1 aliphatic heterocycles. The second kappa shape index (κ2) is 8.22. The molecule has 1 saturated heterocycles. The molecule has 0 saturated carbocycles. The van der Waals surface area contributed by atoms with Gasteiger partial charge in [-0.05, 0) is 36.1 Å². The standard InChI is InChI=1S/C22H21N5O5/c1-3-14-5-9-16(10-6-14)22(4-2)20(28)26(21(29)23-22)13-18-24-25-19(32-18)15-7-11-17(12-8-15)27(30)31/h5-12H,3-4,13H2,1-2H3,(H,23,29). The van der Waals surface area contributed by atoms with Crippen LogP contribution in [-0.4, -0.2) is 32.0 Å². The number of imide groups is 1. The van der Waals surface area contributed by atoms with E-state index in [0.717, 1.165) is 22.4 Å². The predicted molar refractivity (Wildman–Crippen MR) is 113 cm³/mol. The summed E-state index contributed by atoms with van der Waals surface area (Å²) in [5.74, 6) is -0.168. The molecule has 0 spiro atoms. The largest absolute Gasteiger partial charge is 0.419 e. The van der Waals surface area contributed by atoms with Crippen molar-refractivity contribution in [3.8, 4) is 11.5 Å². The zero-order valence-electron chi connectivity index (χ0n) is 17.6. The van der Waals surface area contributed by atoms with Gasteiger partial charge in [0.05, 0.1) is 4.92 Å². The summed E-state index contributed by atoms with van der Waals surface area (Å²) in [6, 6.07) is 12.7. The lowest BCUT2D eigenvalue weighted by Gasteiger charge is -2.25. The average Bonchev–Trinajstić information content (AvgIpc) is 3.38. The Morgan fingerprint density at radius 3 is 2.34 bits per heavy atom. The number of rotatable bonds is 7. The van der Waals surface area contributed by atoms with Crippen molar-refractivity contribution in [3.05, 3.63) is 75.7 Å². The molecule has 4 rings (SSSR count). The molecule has 0 aliphatic carbocycles. The Morgan fingerprint density at radius 2 is 1.75 bits per heavy atom. The van der Waals surface area contributed by atoms with Gasteiger partial charge < -0.3 is 9.73 Å². The average molecular weight is 435 g/mol. The van der Waals surface area contributed by atoms with Gasteiger partial charge in [0.15, 0.2) is 0 Å². The van der Waals surface area contributed by atoms with Crippen molar-refractivity contribution >= 4 is 17.6 Å². The number of aromatic nitrogens is 2. The van der Waals surface area contributed by atoms with E-state index >= 15 is 0 Å². The first-order valence-corrected chi connectivity index (χ1v) is 10.2. The topological polar surface area (TPSA) is 131 Å². The van der Waals surface area contributed by atoms with Crippen LogP contribution in [0.3, 0.4) is 0 Å². The van der Waals surface area contributed by atoms with Gasteiger partial charge in [0.2, 0.25) is 11.8 Å². The monoisotopic (exact) mass is 435 g/mol. The fraction of sp³-hybridized carbons (Fsp3) is 0.273. The van der Waals surface area contributed by atoms with Crippen LogP contribution in [0.5, 0.6) is 0 Å². The number of carbonyl (C=O) groups excluding carboxylic acids is 2. The van der Waals surface area contributed by atoms with Crippen molar-refractivity contribution in [1.82, 2.24) is 20.4 Å². The number of non-ortho nitro benzene ring substituents is 1. The Bertz CT molecular complexity index is 1170. The molecular formula is C22H21N5O5. The third-order valence-corrected chi connectivity index (χ3v) is 5.65. The van der Waals surface area contributed by atoms with Crippen LogP contribution < -0.4 is 5.32 Å². The zero-order chi connectivity index (χ0) is 22.9. The van der Waals surface area contributed by atoms with Crippen LogP contribution in [0.2, 0.25) is 0 Å². The number of nitrogens with zero attached hydrogens (tertiary/aromatic N) is 4. The number of benzene rings is 2. The minimum absolute atomic E-state index is 0.0595. The predicted octanol–water partition coefficient (Wildman–Crippen LogP) is 3.56. The van der Waals surface area contributed by atoms with E-state index in [-0.39, 0.29) is 29.9 Å². The number of nitro groups is 1. The van der Waals surface area contributed by atoms with E-state index in [1.165, 1.54) is 24.3 Å². The van der Waals surface area contributed by atoms with E-state index in [0.29, 0.717) is 12.0 Å².